The van der Waals surface area contributed by atoms with Crippen molar-refractivity contribution in [3.63, 3.8) is 0 Å². The van der Waals surface area contributed by atoms with E-state index in [0.29, 0.717) is 13.2 Å². The summed E-state index contributed by atoms with van der Waals surface area (Å²) in [7, 11) is 1.66. The number of rotatable bonds is 5. The Balaban J connectivity index is 1.97. The van der Waals surface area contributed by atoms with Gasteiger partial charge in [-0.25, -0.2) is 4.79 Å². The minimum absolute atomic E-state index is 0.0106. The van der Waals surface area contributed by atoms with E-state index < -0.39 is 0 Å². The van der Waals surface area contributed by atoms with Crippen LogP contribution in [0.15, 0.2) is 24.3 Å². The molecule has 1 aromatic rings. The van der Waals surface area contributed by atoms with E-state index in [1.54, 1.807) is 7.11 Å². The quantitative estimate of drug-likeness (QED) is 0.848. The number of ether oxygens (including phenoxy) is 1. The molecule has 1 N–H and O–H groups in total. The minimum atomic E-state index is -0.0106. The van der Waals surface area contributed by atoms with Crippen molar-refractivity contribution in [2.24, 2.45) is 0 Å². The first-order valence-corrected chi connectivity index (χ1v) is 7.39. The number of nitrogens with zero attached hydrogens (tertiary/aromatic N) is 1. The molecule has 4 nitrogen and oxygen atoms in total. The molecule has 0 aromatic heterocycles. The normalized spacial score (nSPS) is 18.3. The predicted octanol–water partition coefficient (Wildman–Crippen LogP) is 3.22. The monoisotopic (exact) mass is 296 g/mol. The van der Waals surface area contributed by atoms with Crippen LogP contribution in [0.25, 0.3) is 0 Å². The molecule has 0 spiro atoms. The summed E-state index contributed by atoms with van der Waals surface area (Å²) in [5.41, 5.74) is 1.04. The molecular formula is C15H21ClN2O2. The van der Waals surface area contributed by atoms with Gasteiger partial charge in [0, 0.05) is 31.8 Å². The zero-order chi connectivity index (χ0) is 14.4. The molecule has 1 unspecified atom stereocenters. The number of carbonyl (C=O) groups excluding carboxylic acids is 1. The number of likely N-dealkylation sites (tertiary alicyclic amines) is 1. The maximum atomic E-state index is 12.2. The van der Waals surface area contributed by atoms with Gasteiger partial charge in [-0.05, 0) is 30.9 Å². The lowest BCUT2D eigenvalue weighted by molar-refractivity contribution is 0.182. The summed E-state index contributed by atoms with van der Waals surface area (Å²) < 4.78 is 4.97. The van der Waals surface area contributed by atoms with Crippen LogP contribution < -0.4 is 5.32 Å². The van der Waals surface area contributed by atoms with Gasteiger partial charge in [-0.1, -0.05) is 29.8 Å². The van der Waals surface area contributed by atoms with Crippen molar-refractivity contribution < 1.29 is 9.53 Å². The van der Waals surface area contributed by atoms with Gasteiger partial charge in [0.2, 0.25) is 0 Å². The molecule has 1 saturated heterocycles. The third-order valence-electron chi connectivity index (χ3n) is 3.58. The Morgan fingerprint density at radius 1 is 1.50 bits per heavy atom. The largest absolute Gasteiger partial charge is 0.385 e. The van der Waals surface area contributed by atoms with Gasteiger partial charge in [0.1, 0.15) is 0 Å². The second-order valence-corrected chi connectivity index (χ2v) is 5.36. The summed E-state index contributed by atoms with van der Waals surface area (Å²) >= 11 is 6.24. The molecule has 0 bridgehead atoms. The number of methoxy groups -OCH3 is 1. The van der Waals surface area contributed by atoms with Gasteiger partial charge in [-0.3, -0.25) is 0 Å². The van der Waals surface area contributed by atoms with E-state index in [0.717, 1.165) is 36.4 Å². The molecule has 1 atom stereocenters. The van der Waals surface area contributed by atoms with Crippen molar-refractivity contribution in [1.29, 1.82) is 0 Å². The number of amides is 2. The van der Waals surface area contributed by atoms with Crippen LogP contribution in [0.4, 0.5) is 4.79 Å². The molecule has 20 heavy (non-hydrogen) atoms. The van der Waals surface area contributed by atoms with Crippen molar-refractivity contribution in [2.75, 3.05) is 26.8 Å². The lowest BCUT2D eigenvalue weighted by Crippen LogP contribution is -2.40. The van der Waals surface area contributed by atoms with Crippen molar-refractivity contribution in [3.05, 3.63) is 34.9 Å². The summed E-state index contributed by atoms with van der Waals surface area (Å²) in [6, 6.07) is 7.84. The molecule has 0 radical (unpaired) electrons. The highest BCUT2D eigenvalue weighted by Gasteiger charge is 2.30. The molecule has 1 aliphatic rings. The summed E-state index contributed by atoms with van der Waals surface area (Å²) in [6.07, 6.45) is 2.81. The van der Waals surface area contributed by atoms with Crippen LogP contribution >= 0.6 is 11.6 Å². The van der Waals surface area contributed by atoms with E-state index in [-0.39, 0.29) is 12.1 Å². The van der Waals surface area contributed by atoms with E-state index in [1.165, 1.54) is 0 Å². The van der Waals surface area contributed by atoms with E-state index in [1.807, 2.05) is 29.2 Å². The van der Waals surface area contributed by atoms with Crippen molar-refractivity contribution >= 4 is 17.6 Å². The highest BCUT2D eigenvalue weighted by atomic mass is 35.5. The van der Waals surface area contributed by atoms with Crippen molar-refractivity contribution in [3.8, 4) is 0 Å². The number of urea groups is 1. The van der Waals surface area contributed by atoms with Gasteiger partial charge < -0.3 is 15.0 Å². The summed E-state index contributed by atoms with van der Waals surface area (Å²) in [5, 5.41) is 3.68. The average molecular weight is 297 g/mol. The Morgan fingerprint density at radius 3 is 3.05 bits per heavy atom. The lowest BCUT2D eigenvalue weighted by Gasteiger charge is -2.26. The van der Waals surface area contributed by atoms with Crippen LogP contribution in [0.5, 0.6) is 0 Å². The van der Waals surface area contributed by atoms with Crippen LogP contribution in [0.1, 0.15) is 30.9 Å². The van der Waals surface area contributed by atoms with Crippen LogP contribution in [0.2, 0.25) is 5.02 Å². The van der Waals surface area contributed by atoms with Crippen molar-refractivity contribution in [2.45, 2.75) is 25.3 Å². The second-order valence-electron chi connectivity index (χ2n) is 4.95. The first kappa shape index (κ1) is 15.1. The molecule has 1 fully saturated rings. The van der Waals surface area contributed by atoms with Crippen LogP contribution in [-0.4, -0.2) is 37.7 Å². The molecule has 2 rings (SSSR count). The van der Waals surface area contributed by atoms with Crippen molar-refractivity contribution in [1.82, 2.24) is 10.2 Å². The fourth-order valence-electron chi connectivity index (χ4n) is 2.59. The molecule has 0 saturated carbocycles. The Labute approximate surface area is 125 Å². The second kappa shape index (κ2) is 7.50. The smallest absolute Gasteiger partial charge is 0.317 e. The van der Waals surface area contributed by atoms with Gasteiger partial charge in [0.15, 0.2) is 0 Å². The Kier molecular flexibility index (Phi) is 5.68. The number of carbonyl (C=O) groups is 1. The zero-order valence-corrected chi connectivity index (χ0v) is 12.5. The molecule has 2 amide bonds. The maximum absolute atomic E-state index is 12.2. The molecule has 110 valence electrons. The van der Waals surface area contributed by atoms with Crippen LogP contribution in [-0.2, 0) is 4.74 Å². The summed E-state index contributed by atoms with van der Waals surface area (Å²) in [6.45, 7) is 2.08. The molecular weight excluding hydrogens is 276 g/mol. The standard InChI is InChI=1S/C15H21ClN2O2/c1-20-11-5-9-17-15(19)18-10-4-8-14(18)12-6-2-3-7-13(12)16/h2-3,6-7,14H,4-5,8-11H2,1H3,(H,17,19). The SMILES string of the molecule is COCCCNC(=O)N1CCCC1c1ccccc1Cl. The van der Waals surface area contributed by atoms with E-state index in [4.69, 9.17) is 16.3 Å². The van der Waals surface area contributed by atoms with Crippen LogP contribution in [0, 0.1) is 0 Å². The molecule has 1 aromatic carbocycles. The summed E-state index contributed by atoms with van der Waals surface area (Å²) in [4.78, 5) is 14.1. The fraction of sp³-hybridized carbons (Fsp3) is 0.533. The number of hydrogen-bond acceptors (Lipinski definition) is 2. The molecule has 0 aliphatic carbocycles. The predicted molar refractivity (Wildman–Crippen MR) is 80.0 cm³/mol. The van der Waals surface area contributed by atoms with Gasteiger partial charge in [0.05, 0.1) is 6.04 Å². The average Bonchev–Trinajstić information content (AvgIpc) is 2.93. The molecule has 1 heterocycles. The van der Waals surface area contributed by atoms with E-state index in [2.05, 4.69) is 5.32 Å². The van der Waals surface area contributed by atoms with Crippen LogP contribution in [0.3, 0.4) is 0 Å². The third kappa shape index (κ3) is 3.64. The zero-order valence-electron chi connectivity index (χ0n) is 11.8. The van der Waals surface area contributed by atoms with Gasteiger partial charge in [-0.15, -0.1) is 0 Å². The highest BCUT2D eigenvalue weighted by Crippen LogP contribution is 2.35. The molecule has 1 aliphatic heterocycles. The Morgan fingerprint density at radius 2 is 2.30 bits per heavy atom. The van der Waals surface area contributed by atoms with E-state index in [9.17, 15) is 4.79 Å². The number of benzene rings is 1. The highest BCUT2D eigenvalue weighted by molar-refractivity contribution is 6.31. The lowest BCUT2D eigenvalue weighted by atomic mass is 10.0. The number of halogens is 1. The first-order chi connectivity index (χ1) is 9.74. The maximum Gasteiger partial charge on any atom is 0.317 e. The molecule has 5 heteroatoms. The van der Waals surface area contributed by atoms with Gasteiger partial charge >= 0.3 is 6.03 Å². The first-order valence-electron chi connectivity index (χ1n) is 7.02. The third-order valence-corrected chi connectivity index (χ3v) is 3.92. The Bertz CT molecular complexity index is 453. The van der Waals surface area contributed by atoms with Gasteiger partial charge in [-0.2, -0.15) is 0 Å². The summed E-state index contributed by atoms with van der Waals surface area (Å²) in [5.74, 6) is 0. The number of nitrogens with one attached hydrogen (secondary N) is 1. The Hall–Kier alpha value is -1.26. The topological polar surface area (TPSA) is 41.6 Å². The van der Waals surface area contributed by atoms with E-state index >= 15 is 0 Å². The minimum Gasteiger partial charge on any atom is -0.385 e. The fourth-order valence-corrected chi connectivity index (χ4v) is 2.85. The van der Waals surface area contributed by atoms with Gasteiger partial charge in [0.25, 0.3) is 0 Å². The number of hydrogen-bond donors (Lipinski definition) is 1.